The second kappa shape index (κ2) is 9.60. The van der Waals surface area contributed by atoms with Crippen LogP contribution in [0, 0.1) is 5.82 Å². The summed E-state index contributed by atoms with van der Waals surface area (Å²) in [6.07, 6.45) is 2.85. The van der Waals surface area contributed by atoms with E-state index in [9.17, 15) is 9.18 Å². The Morgan fingerprint density at radius 2 is 2.19 bits per heavy atom. The topological polar surface area (TPSA) is 68.5 Å². The van der Waals surface area contributed by atoms with Crippen LogP contribution in [0.2, 0.25) is 0 Å². The SMILES string of the molecule is COc1ccc(CCC(=O)N2CCCC(c3nc(-c4cccc(F)c4)no3)C2)cc1Br. The fourth-order valence-corrected chi connectivity index (χ4v) is 4.41. The molecule has 1 atom stereocenters. The quantitative estimate of drug-likeness (QED) is 0.490. The molecule has 1 fully saturated rings. The second-order valence-electron chi connectivity index (χ2n) is 7.61. The number of likely N-dealkylation sites (tertiary alicyclic amines) is 1. The van der Waals surface area contributed by atoms with E-state index in [-0.39, 0.29) is 17.6 Å². The molecule has 31 heavy (non-hydrogen) atoms. The van der Waals surface area contributed by atoms with Crippen LogP contribution in [-0.2, 0) is 11.2 Å². The Morgan fingerprint density at radius 3 is 2.97 bits per heavy atom. The van der Waals surface area contributed by atoms with Gasteiger partial charge in [0.25, 0.3) is 0 Å². The Kier molecular flexibility index (Phi) is 6.65. The molecule has 2 heterocycles. The molecule has 4 rings (SSSR count). The van der Waals surface area contributed by atoms with Crippen molar-refractivity contribution in [2.75, 3.05) is 20.2 Å². The van der Waals surface area contributed by atoms with Crippen LogP contribution in [0.25, 0.3) is 11.4 Å². The summed E-state index contributed by atoms with van der Waals surface area (Å²) < 4.78 is 25.1. The zero-order valence-corrected chi connectivity index (χ0v) is 18.8. The molecule has 1 amide bonds. The van der Waals surface area contributed by atoms with E-state index in [1.807, 2.05) is 23.1 Å². The zero-order chi connectivity index (χ0) is 21.8. The molecule has 8 heteroatoms. The molecule has 6 nitrogen and oxygen atoms in total. The van der Waals surface area contributed by atoms with Crippen LogP contribution in [0.1, 0.15) is 36.6 Å². The van der Waals surface area contributed by atoms with Crippen molar-refractivity contribution in [1.82, 2.24) is 15.0 Å². The summed E-state index contributed by atoms with van der Waals surface area (Å²) in [6.45, 7) is 1.28. The summed E-state index contributed by atoms with van der Waals surface area (Å²) in [4.78, 5) is 19.1. The standard InChI is InChI=1S/C23H23BrFN3O3/c1-30-20-9-7-15(12-19(20)24)8-10-21(29)28-11-3-5-17(14-28)23-26-22(27-31-23)16-4-2-6-18(25)13-16/h2,4,6-7,9,12-13,17H,3,5,8,10-11,14H2,1H3. The van der Waals surface area contributed by atoms with Gasteiger partial charge in [-0.3, -0.25) is 4.79 Å². The van der Waals surface area contributed by atoms with Crippen molar-refractivity contribution in [2.24, 2.45) is 0 Å². The van der Waals surface area contributed by atoms with Gasteiger partial charge in [-0.25, -0.2) is 4.39 Å². The van der Waals surface area contributed by atoms with Gasteiger partial charge in [-0.2, -0.15) is 4.98 Å². The highest BCUT2D eigenvalue weighted by Gasteiger charge is 2.28. The fraction of sp³-hybridized carbons (Fsp3) is 0.348. The van der Waals surface area contributed by atoms with Gasteiger partial charge in [-0.05, 0) is 65.0 Å². The van der Waals surface area contributed by atoms with Crippen LogP contribution >= 0.6 is 15.9 Å². The van der Waals surface area contributed by atoms with Gasteiger partial charge in [-0.15, -0.1) is 0 Å². The van der Waals surface area contributed by atoms with Crippen LogP contribution in [0.15, 0.2) is 51.5 Å². The number of aromatic nitrogens is 2. The third kappa shape index (κ3) is 5.12. The molecule has 0 spiro atoms. The predicted octanol–water partition coefficient (Wildman–Crippen LogP) is 4.99. The first-order chi connectivity index (χ1) is 15.0. The molecule has 1 saturated heterocycles. The number of nitrogens with zero attached hydrogens (tertiary/aromatic N) is 3. The first-order valence-corrected chi connectivity index (χ1v) is 11.0. The van der Waals surface area contributed by atoms with Gasteiger partial charge < -0.3 is 14.2 Å². The number of hydrogen-bond donors (Lipinski definition) is 0. The van der Waals surface area contributed by atoms with Crippen LogP contribution in [0.5, 0.6) is 5.75 Å². The Bertz CT molecular complexity index is 1070. The number of rotatable bonds is 6. The average Bonchev–Trinajstić information content (AvgIpc) is 3.28. The second-order valence-corrected chi connectivity index (χ2v) is 8.47. The molecule has 0 aliphatic carbocycles. The number of piperidine rings is 1. The van der Waals surface area contributed by atoms with Gasteiger partial charge in [0.1, 0.15) is 11.6 Å². The van der Waals surface area contributed by atoms with Crippen LogP contribution in [-0.4, -0.2) is 41.1 Å². The highest BCUT2D eigenvalue weighted by Crippen LogP contribution is 2.29. The van der Waals surface area contributed by atoms with Crippen molar-refractivity contribution < 1.29 is 18.4 Å². The molecule has 0 N–H and O–H groups in total. The maximum absolute atomic E-state index is 13.5. The lowest BCUT2D eigenvalue weighted by Crippen LogP contribution is -2.39. The maximum atomic E-state index is 13.5. The fourth-order valence-electron chi connectivity index (χ4n) is 3.83. The number of amides is 1. The zero-order valence-electron chi connectivity index (χ0n) is 17.2. The predicted molar refractivity (Wildman–Crippen MR) is 117 cm³/mol. The van der Waals surface area contributed by atoms with E-state index in [0.29, 0.717) is 36.7 Å². The number of benzene rings is 2. The summed E-state index contributed by atoms with van der Waals surface area (Å²) in [7, 11) is 1.63. The summed E-state index contributed by atoms with van der Waals surface area (Å²) in [5, 5.41) is 4.00. The first-order valence-electron chi connectivity index (χ1n) is 10.2. The molecule has 1 unspecified atom stereocenters. The molecular weight excluding hydrogens is 465 g/mol. The molecule has 0 saturated carbocycles. The first kappa shape index (κ1) is 21.5. The van der Waals surface area contributed by atoms with E-state index in [4.69, 9.17) is 9.26 Å². The number of carbonyl (C=O) groups is 1. The lowest BCUT2D eigenvalue weighted by molar-refractivity contribution is -0.132. The van der Waals surface area contributed by atoms with Crippen molar-refractivity contribution >= 4 is 21.8 Å². The van der Waals surface area contributed by atoms with Crippen molar-refractivity contribution in [2.45, 2.75) is 31.6 Å². The van der Waals surface area contributed by atoms with Gasteiger partial charge in [-0.1, -0.05) is 23.4 Å². The largest absolute Gasteiger partial charge is 0.496 e. The van der Waals surface area contributed by atoms with E-state index in [2.05, 4.69) is 26.1 Å². The minimum Gasteiger partial charge on any atom is -0.496 e. The molecule has 1 aliphatic rings. The molecule has 0 bridgehead atoms. The number of carbonyl (C=O) groups excluding carboxylic acids is 1. The Morgan fingerprint density at radius 1 is 1.32 bits per heavy atom. The van der Waals surface area contributed by atoms with E-state index in [1.54, 1.807) is 19.2 Å². The van der Waals surface area contributed by atoms with Crippen molar-refractivity contribution in [3.8, 4) is 17.1 Å². The van der Waals surface area contributed by atoms with Gasteiger partial charge in [0.2, 0.25) is 17.6 Å². The van der Waals surface area contributed by atoms with Gasteiger partial charge in [0, 0.05) is 25.1 Å². The number of halogens is 2. The van der Waals surface area contributed by atoms with Gasteiger partial charge in [0.15, 0.2) is 0 Å². The van der Waals surface area contributed by atoms with E-state index < -0.39 is 0 Å². The third-order valence-electron chi connectivity index (χ3n) is 5.49. The Hall–Kier alpha value is -2.74. The molecule has 2 aromatic carbocycles. The van der Waals surface area contributed by atoms with Crippen LogP contribution < -0.4 is 4.74 Å². The Balaban J connectivity index is 1.37. The minimum absolute atomic E-state index is 0.0114. The highest BCUT2D eigenvalue weighted by molar-refractivity contribution is 9.10. The van der Waals surface area contributed by atoms with Gasteiger partial charge >= 0.3 is 0 Å². The van der Waals surface area contributed by atoms with Crippen LogP contribution in [0.4, 0.5) is 4.39 Å². The minimum atomic E-state index is -0.345. The molecule has 1 aliphatic heterocycles. The summed E-state index contributed by atoms with van der Waals surface area (Å²) in [5.41, 5.74) is 1.65. The van der Waals surface area contributed by atoms with Crippen molar-refractivity contribution in [1.29, 1.82) is 0 Å². The normalized spacial score (nSPS) is 16.4. The molecular formula is C23H23BrFN3O3. The Labute approximate surface area is 188 Å². The van der Waals surface area contributed by atoms with E-state index >= 15 is 0 Å². The summed E-state index contributed by atoms with van der Waals surface area (Å²) in [6, 6.07) is 12.0. The number of hydrogen-bond acceptors (Lipinski definition) is 5. The average molecular weight is 488 g/mol. The van der Waals surface area contributed by atoms with Crippen LogP contribution in [0.3, 0.4) is 0 Å². The number of aryl methyl sites for hydroxylation is 1. The highest BCUT2D eigenvalue weighted by atomic mass is 79.9. The number of methoxy groups -OCH3 is 1. The van der Waals surface area contributed by atoms with Crippen molar-refractivity contribution in [3.05, 3.63) is 64.2 Å². The summed E-state index contributed by atoms with van der Waals surface area (Å²) in [5.74, 6) is 1.39. The molecule has 162 valence electrons. The summed E-state index contributed by atoms with van der Waals surface area (Å²) >= 11 is 3.48. The maximum Gasteiger partial charge on any atom is 0.231 e. The smallest absolute Gasteiger partial charge is 0.231 e. The van der Waals surface area contributed by atoms with Crippen molar-refractivity contribution in [3.63, 3.8) is 0 Å². The van der Waals surface area contributed by atoms with Gasteiger partial charge in [0.05, 0.1) is 17.5 Å². The molecule has 1 aromatic heterocycles. The van der Waals surface area contributed by atoms with E-state index in [1.165, 1.54) is 12.1 Å². The lowest BCUT2D eigenvalue weighted by Gasteiger charge is -2.31. The lowest BCUT2D eigenvalue weighted by atomic mass is 9.97. The molecule has 0 radical (unpaired) electrons. The number of ether oxygens (including phenoxy) is 1. The van der Waals surface area contributed by atoms with E-state index in [0.717, 1.165) is 35.2 Å². The molecule has 3 aromatic rings. The monoisotopic (exact) mass is 487 g/mol. The third-order valence-corrected chi connectivity index (χ3v) is 6.11.